The second-order valence-electron chi connectivity index (χ2n) is 4.97. The molecule has 0 heterocycles. The van der Waals surface area contributed by atoms with E-state index in [2.05, 4.69) is 50.6 Å². The highest BCUT2D eigenvalue weighted by Crippen LogP contribution is 2.31. The first kappa shape index (κ1) is 15.7. The molecule has 0 radical (unpaired) electrons. The lowest BCUT2D eigenvalue weighted by atomic mass is 10.2. The van der Waals surface area contributed by atoms with Crippen molar-refractivity contribution >= 4 is 43.2 Å². The maximum Gasteiger partial charge on any atom is 0.119 e. The first-order chi connectivity index (χ1) is 11.3. The zero-order chi connectivity index (χ0) is 16.1. The average Bonchev–Trinajstić information content (AvgIpc) is 2.61. The Morgan fingerprint density at radius 1 is 0.609 bits per heavy atom. The number of anilines is 3. The Kier molecular flexibility index (Phi) is 5.02. The van der Waals surface area contributed by atoms with E-state index >= 15 is 0 Å². The van der Waals surface area contributed by atoms with E-state index in [0.29, 0.717) is 4.73 Å². The first-order valence-electron chi connectivity index (χ1n) is 7.32. The SMILES string of the molecule is PC(=S)N(c1ccccc1)N(c1ccccc1)c1ccccc1. The smallest absolute Gasteiger partial charge is 0.119 e. The molecule has 0 aliphatic carbocycles. The van der Waals surface area contributed by atoms with Gasteiger partial charge in [-0.05, 0) is 36.4 Å². The summed E-state index contributed by atoms with van der Waals surface area (Å²) < 4.78 is 0.698. The number of hydrazine groups is 1. The molecule has 0 aliphatic heterocycles. The van der Waals surface area contributed by atoms with Gasteiger partial charge < -0.3 is 0 Å². The summed E-state index contributed by atoms with van der Waals surface area (Å²) in [5.74, 6) is 0. The van der Waals surface area contributed by atoms with Gasteiger partial charge in [-0.15, -0.1) is 0 Å². The molecule has 0 N–H and O–H groups in total. The molecule has 23 heavy (non-hydrogen) atoms. The van der Waals surface area contributed by atoms with Crippen LogP contribution >= 0.6 is 21.5 Å². The van der Waals surface area contributed by atoms with Crippen molar-refractivity contribution in [3.05, 3.63) is 91.0 Å². The first-order valence-corrected chi connectivity index (χ1v) is 8.30. The van der Waals surface area contributed by atoms with Gasteiger partial charge in [0.1, 0.15) is 4.73 Å². The second kappa shape index (κ2) is 7.36. The van der Waals surface area contributed by atoms with Gasteiger partial charge in [0.15, 0.2) is 0 Å². The lowest BCUT2D eigenvalue weighted by molar-refractivity contribution is 1.04. The number of nitrogens with zero attached hydrogens (tertiary/aromatic N) is 2. The molecule has 0 saturated heterocycles. The lowest BCUT2D eigenvalue weighted by Crippen LogP contribution is -2.41. The quantitative estimate of drug-likeness (QED) is 0.357. The third-order valence-electron chi connectivity index (χ3n) is 3.41. The highest BCUT2D eigenvalue weighted by atomic mass is 32.1. The minimum atomic E-state index is 0.698. The van der Waals surface area contributed by atoms with Gasteiger partial charge in [0, 0.05) is 0 Å². The topological polar surface area (TPSA) is 6.48 Å². The molecule has 1 atom stereocenters. The molecule has 1 unspecified atom stereocenters. The third-order valence-corrected chi connectivity index (χ3v) is 3.83. The molecule has 114 valence electrons. The average molecular weight is 336 g/mol. The molecule has 0 saturated carbocycles. The highest BCUT2D eigenvalue weighted by molar-refractivity contribution is 7.90. The zero-order valence-electron chi connectivity index (χ0n) is 12.5. The Hall–Kier alpha value is -2.22. The van der Waals surface area contributed by atoms with Crippen molar-refractivity contribution in [2.24, 2.45) is 0 Å². The Bertz CT molecular complexity index is 724. The Labute approximate surface area is 144 Å². The van der Waals surface area contributed by atoms with Gasteiger partial charge in [-0.25, -0.2) is 10.0 Å². The van der Waals surface area contributed by atoms with E-state index < -0.39 is 0 Å². The predicted molar refractivity (Wildman–Crippen MR) is 106 cm³/mol. The van der Waals surface area contributed by atoms with Crippen molar-refractivity contribution in [2.75, 3.05) is 10.0 Å². The van der Waals surface area contributed by atoms with E-state index in [9.17, 15) is 0 Å². The molecule has 0 spiro atoms. The molecule has 0 aromatic heterocycles. The minimum Gasteiger partial charge on any atom is -0.248 e. The predicted octanol–water partition coefficient (Wildman–Crippen LogP) is 5.41. The maximum atomic E-state index is 5.52. The Morgan fingerprint density at radius 3 is 1.30 bits per heavy atom. The molecule has 2 nitrogen and oxygen atoms in total. The fourth-order valence-corrected chi connectivity index (χ4v) is 2.88. The lowest BCUT2D eigenvalue weighted by Gasteiger charge is -2.37. The van der Waals surface area contributed by atoms with Crippen molar-refractivity contribution in [3.8, 4) is 0 Å². The molecule has 0 amide bonds. The largest absolute Gasteiger partial charge is 0.248 e. The van der Waals surface area contributed by atoms with Gasteiger partial charge in [0.05, 0.1) is 17.1 Å². The van der Waals surface area contributed by atoms with Crippen LogP contribution in [0.25, 0.3) is 0 Å². The van der Waals surface area contributed by atoms with Gasteiger partial charge >= 0.3 is 0 Å². The van der Waals surface area contributed by atoms with E-state index in [1.165, 1.54) is 0 Å². The summed E-state index contributed by atoms with van der Waals surface area (Å²) in [7, 11) is 2.63. The standard InChI is InChI=1S/C19H17N2PS/c22-19(23)21(18-14-8-3-9-15-18)20(16-10-4-1-5-11-16)17-12-6-2-7-13-17/h1-15H,22H2. The van der Waals surface area contributed by atoms with Crippen molar-refractivity contribution in [1.82, 2.24) is 0 Å². The van der Waals surface area contributed by atoms with Crippen LogP contribution in [0.3, 0.4) is 0 Å². The second-order valence-corrected chi connectivity index (χ2v) is 6.35. The summed E-state index contributed by atoms with van der Waals surface area (Å²) in [4.78, 5) is 0. The maximum absolute atomic E-state index is 5.52. The molecule has 3 aromatic rings. The summed E-state index contributed by atoms with van der Waals surface area (Å²) in [5.41, 5.74) is 3.11. The summed E-state index contributed by atoms with van der Waals surface area (Å²) >= 11 is 5.52. The van der Waals surface area contributed by atoms with Gasteiger partial charge in [-0.2, -0.15) is 0 Å². The fraction of sp³-hybridized carbons (Fsp3) is 0. The van der Waals surface area contributed by atoms with Crippen LogP contribution in [0.5, 0.6) is 0 Å². The number of rotatable bonds is 4. The van der Waals surface area contributed by atoms with Gasteiger partial charge in [0.2, 0.25) is 0 Å². The number of para-hydroxylation sites is 3. The van der Waals surface area contributed by atoms with Crippen LogP contribution < -0.4 is 10.0 Å². The van der Waals surface area contributed by atoms with Crippen molar-refractivity contribution in [3.63, 3.8) is 0 Å². The summed E-state index contributed by atoms with van der Waals surface area (Å²) in [6.07, 6.45) is 0. The van der Waals surface area contributed by atoms with Crippen LogP contribution in [-0.2, 0) is 0 Å². The van der Waals surface area contributed by atoms with E-state index in [4.69, 9.17) is 12.2 Å². The molecule has 0 aliphatic rings. The molecular weight excluding hydrogens is 319 g/mol. The van der Waals surface area contributed by atoms with Crippen molar-refractivity contribution in [1.29, 1.82) is 0 Å². The molecule has 4 heteroatoms. The molecule has 0 fully saturated rings. The fourth-order valence-electron chi connectivity index (χ4n) is 2.43. The van der Waals surface area contributed by atoms with Crippen LogP contribution in [0.1, 0.15) is 0 Å². The molecular formula is C19H17N2PS. The number of thiocarbonyl (C=S) groups is 1. The summed E-state index contributed by atoms with van der Waals surface area (Å²) in [6, 6.07) is 30.6. The van der Waals surface area contributed by atoms with E-state index in [1.54, 1.807) is 0 Å². The van der Waals surface area contributed by atoms with Crippen LogP contribution in [0, 0.1) is 0 Å². The third kappa shape index (κ3) is 3.58. The van der Waals surface area contributed by atoms with Gasteiger partial charge in [0.25, 0.3) is 0 Å². The Balaban J connectivity index is 2.15. The van der Waals surface area contributed by atoms with Crippen LogP contribution in [0.15, 0.2) is 91.0 Å². The van der Waals surface area contributed by atoms with Crippen molar-refractivity contribution in [2.45, 2.75) is 0 Å². The highest BCUT2D eigenvalue weighted by Gasteiger charge is 2.20. The molecule has 3 rings (SSSR count). The van der Waals surface area contributed by atoms with Crippen LogP contribution in [-0.4, -0.2) is 4.73 Å². The monoisotopic (exact) mass is 336 g/mol. The number of benzene rings is 3. The zero-order valence-corrected chi connectivity index (χ0v) is 14.5. The summed E-state index contributed by atoms with van der Waals surface area (Å²) in [5, 5.41) is 4.13. The normalized spacial score (nSPS) is 10.1. The Morgan fingerprint density at radius 2 is 0.957 bits per heavy atom. The van der Waals surface area contributed by atoms with E-state index in [1.807, 2.05) is 59.6 Å². The van der Waals surface area contributed by atoms with Gasteiger partial charge in [-0.1, -0.05) is 76.1 Å². The number of hydrogen-bond acceptors (Lipinski definition) is 2. The molecule has 3 aromatic carbocycles. The van der Waals surface area contributed by atoms with Gasteiger partial charge in [-0.3, -0.25) is 0 Å². The van der Waals surface area contributed by atoms with E-state index in [0.717, 1.165) is 17.1 Å². The minimum absolute atomic E-state index is 0.698. The molecule has 0 bridgehead atoms. The summed E-state index contributed by atoms with van der Waals surface area (Å²) in [6.45, 7) is 0. The van der Waals surface area contributed by atoms with Crippen molar-refractivity contribution < 1.29 is 0 Å². The van der Waals surface area contributed by atoms with Crippen LogP contribution in [0.4, 0.5) is 17.1 Å². The van der Waals surface area contributed by atoms with Crippen LogP contribution in [0.2, 0.25) is 0 Å². The van der Waals surface area contributed by atoms with E-state index in [-0.39, 0.29) is 0 Å². The number of hydrogen-bond donors (Lipinski definition) is 0.